The highest BCUT2D eigenvalue weighted by Gasteiger charge is 2.47. The summed E-state index contributed by atoms with van der Waals surface area (Å²) < 4.78 is 39.4. The second kappa shape index (κ2) is 8.96. The van der Waals surface area contributed by atoms with Gasteiger partial charge in [0.2, 0.25) is 17.7 Å². The van der Waals surface area contributed by atoms with Crippen LogP contribution in [0.15, 0.2) is 51.8 Å². The van der Waals surface area contributed by atoms with Gasteiger partial charge in [0.15, 0.2) is 4.93 Å². The monoisotopic (exact) mass is 514 g/mol. The normalized spacial score (nSPS) is 17.2. The van der Waals surface area contributed by atoms with Gasteiger partial charge in [-0.05, 0) is 55.2 Å². The molecular weight excluding hydrogens is 488 g/mol. The highest BCUT2D eigenvalue weighted by molar-refractivity contribution is 8.02. The molecule has 0 bridgehead atoms. The summed E-state index contributed by atoms with van der Waals surface area (Å²) in [7, 11) is -2.65. The van der Waals surface area contributed by atoms with Crippen LogP contribution in [0.25, 0.3) is 22.6 Å². The molecule has 9 nitrogen and oxygen atoms in total. The number of fused-ring (bicyclic) bond motifs is 1. The van der Waals surface area contributed by atoms with E-state index in [9.17, 15) is 13.2 Å². The Bertz CT molecular complexity index is 1370. The van der Waals surface area contributed by atoms with Gasteiger partial charge in [-0.25, -0.2) is 8.42 Å². The van der Waals surface area contributed by atoms with Crippen LogP contribution in [-0.2, 0) is 19.6 Å². The molecule has 1 aliphatic heterocycles. The number of rotatable bonds is 8. The van der Waals surface area contributed by atoms with Crippen LogP contribution in [0.5, 0.6) is 0 Å². The van der Waals surface area contributed by atoms with Crippen molar-refractivity contribution in [3.05, 3.63) is 48.4 Å². The summed E-state index contributed by atoms with van der Waals surface area (Å²) in [5, 5.41) is 10.7. The molecule has 1 fully saturated rings. The zero-order valence-corrected chi connectivity index (χ0v) is 21.3. The van der Waals surface area contributed by atoms with Crippen molar-refractivity contribution in [3.63, 3.8) is 0 Å². The van der Waals surface area contributed by atoms with E-state index >= 15 is 0 Å². The minimum atomic E-state index is -3.98. The third-order valence-corrected chi connectivity index (χ3v) is 9.75. The molecule has 2 aliphatic rings. The SMILES string of the molecule is COC(C)(CC(=O)NC1CC1)S(=O)(=O)N1CSc2cc(-c3ccc(-c4nnc(C)o4)cc3)ccc21. The average Bonchev–Trinajstić information content (AvgIpc) is 3.37. The van der Waals surface area contributed by atoms with Crippen molar-refractivity contribution in [3.8, 4) is 22.6 Å². The number of amides is 1. The van der Waals surface area contributed by atoms with Gasteiger partial charge < -0.3 is 14.5 Å². The maximum absolute atomic E-state index is 13.6. The number of nitrogens with zero attached hydrogens (tertiary/aromatic N) is 3. The van der Waals surface area contributed by atoms with Crippen LogP contribution >= 0.6 is 11.8 Å². The maximum atomic E-state index is 13.6. The molecule has 2 aromatic carbocycles. The van der Waals surface area contributed by atoms with Crippen LogP contribution in [0.2, 0.25) is 0 Å². The smallest absolute Gasteiger partial charge is 0.266 e. The van der Waals surface area contributed by atoms with E-state index in [-0.39, 0.29) is 24.2 Å². The van der Waals surface area contributed by atoms with E-state index < -0.39 is 15.0 Å². The molecule has 0 saturated heterocycles. The Morgan fingerprint density at radius 1 is 1.17 bits per heavy atom. The molecule has 0 radical (unpaired) electrons. The first-order chi connectivity index (χ1) is 16.7. The van der Waals surface area contributed by atoms with Gasteiger partial charge in [0.25, 0.3) is 10.0 Å². The molecular formula is C24H26N4O5S2. The van der Waals surface area contributed by atoms with Gasteiger partial charge >= 0.3 is 0 Å². The lowest BCUT2D eigenvalue weighted by atomic mass is 10.0. The fraction of sp³-hybridized carbons (Fsp3) is 0.375. The average molecular weight is 515 g/mol. The first-order valence-corrected chi connectivity index (χ1v) is 13.7. The van der Waals surface area contributed by atoms with E-state index in [1.54, 1.807) is 13.0 Å². The summed E-state index contributed by atoms with van der Waals surface area (Å²) in [6, 6.07) is 13.6. The van der Waals surface area contributed by atoms with Crippen LogP contribution in [0.3, 0.4) is 0 Å². The van der Waals surface area contributed by atoms with Crippen molar-refractivity contribution >= 4 is 33.4 Å². The molecule has 35 heavy (non-hydrogen) atoms. The Kier molecular flexibility index (Phi) is 6.10. The van der Waals surface area contributed by atoms with Gasteiger partial charge in [-0.1, -0.05) is 18.2 Å². The lowest BCUT2D eigenvalue weighted by Crippen LogP contribution is -2.50. The van der Waals surface area contributed by atoms with Gasteiger partial charge in [-0.15, -0.1) is 22.0 Å². The van der Waals surface area contributed by atoms with Crippen molar-refractivity contribution in [1.82, 2.24) is 15.5 Å². The molecule has 1 amide bonds. The first kappa shape index (κ1) is 23.8. The lowest BCUT2D eigenvalue weighted by molar-refractivity contribution is -0.124. The van der Waals surface area contributed by atoms with E-state index in [4.69, 9.17) is 9.15 Å². The molecule has 1 unspecified atom stereocenters. The Morgan fingerprint density at radius 3 is 2.49 bits per heavy atom. The van der Waals surface area contributed by atoms with Crippen LogP contribution in [0.4, 0.5) is 5.69 Å². The summed E-state index contributed by atoms with van der Waals surface area (Å²) in [5.41, 5.74) is 3.35. The Hall–Kier alpha value is -2.89. The molecule has 184 valence electrons. The number of carbonyl (C=O) groups excluding carboxylic acids is 1. The number of sulfonamides is 1. The standard InChI is InChI=1S/C24H26N4O5S2/c1-15-26-27-23(33-15)17-6-4-16(5-7-17)18-8-11-20-21(12-18)34-14-28(20)35(30,31)24(2,32-3)13-22(29)25-19-9-10-19/h4-8,11-12,19H,9-10,13-14H2,1-3H3,(H,25,29). The van der Waals surface area contributed by atoms with Crippen LogP contribution in [0, 0.1) is 6.92 Å². The molecule has 1 aromatic heterocycles. The molecule has 5 rings (SSSR count). The zero-order valence-electron chi connectivity index (χ0n) is 19.6. The van der Waals surface area contributed by atoms with Gasteiger partial charge in [-0.3, -0.25) is 9.10 Å². The van der Waals surface area contributed by atoms with Crippen LogP contribution in [-0.4, -0.2) is 48.5 Å². The minimum Gasteiger partial charge on any atom is -0.421 e. The molecule has 11 heteroatoms. The highest BCUT2D eigenvalue weighted by atomic mass is 32.2. The molecule has 2 heterocycles. The second-order valence-corrected chi connectivity index (χ2v) is 12.1. The van der Waals surface area contributed by atoms with E-state index in [2.05, 4.69) is 15.5 Å². The molecule has 1 aliphatic carbocycles. The summed E-state index contributed by atoms with van der Waals surface area (Å²) >= 11 is 1.44. The summed E-state index contributed by atoms with van der Waals surface area (Å²) in [6.45, 7) is 3.20. The number of benzene rings is 2. The first-order valence-electron chi connectivity index (χ1n) is 11.2. The second-order valence-electron chi connectivity index (χ2n) is 8.87. The topological polar surface area (TPSA) is 115 Å². The number of nitrogens with one attached hydrogen (secondary N) is 1. The number of anilines is 1. The highest BCUT2D eigenvalue weighted by Crippen LogP contribution is 2.45. The number of hydrogen-bond acceptors (Lipinski definition) is 8. The third-order valence-electron chi connectivity index (χ3n) is 6.25. The number of methoxy groups -OCH3 is 1. The van der Waals surface area contributed by atoms with Gasteiger partial charge in [0.1, 0.15) is 0 Å². The number of thioether (sulfide) groups is 1. The maximum Gasteiger partial charge on any atom is 0.266 e. The Morgan fingerprint density at radius 2 is 1.86 bits per heavy atom. The lowest BCUT2D eigenvalue weighted by Gasteiger charge is -2.32. The largest absolute Gasteiger partial charge is 0.421 e. The molecule has 1 saturated carbocycles. The fourth-order valence-electron chi connectivity index (χ4n) is 3.93. The van der Waals surface area contributed by atoms with Crippen molar-refractivity contribution in [2.75, 3.05) is 17.3 Å². The van der Waals surface area contributed by atoms with E-state index in [1.807, 2.05) is 36.4 Å². The van der Waals surface area contributed by atoms with Crippen molar-refractivity contribution < 1.29 is 22.4 Å². The Labute approximate surface area is 208 Å². The van der Waals surface area contributed by atoms with Gasteiger partial charge in [-0.2, -0.15) is 0 Å². The van der Waals surface area contributed by atoms with E-state index in [1.165, 1.54) is 30.1 Å². The third kappa shape index (κ3) is 4.55. The molecule has 1 N–H and O–H groups in total. The van der Waals surface area contributed by atoms with Gasteiger partial charge in [0, 0.05) is 30.5 Å². The van der Waals surface area contributed by atoms with Crippen LogP contribution < -0.4 is 9.62 Å². The van der Waals surface area contributed by atoms with E-state index in [0.717, 1.165) is 34.4 Å². The quantitative estimate of drug-likeness (QED) is 0.481. The van der Waals surface area contributed by atoms with E-state index in [0.29, 0.717) is 17.5 Å². The number of aromatic nitrogens is 2. The fourth-order valence-corrected chi connectivity index (χ4v) is 7.04. The van der Waals surface area contributed by atoms with Gasteiger partial charge in [0.05, 0.1) is 18.0 Å². The van der Waals surface area contributed by atoms with Crippen molar-refractivity contribution in [1.29, 1.82) is 0 Å². The summed E-state index contributed by atoms with van der Waals surface area (Å²) in [4.78, 5) is 11.6. The molecule has 3 aromatic rings. The number of aryl methyl sites for hydroxylation is 1. The zero-order chi connectivity index (χ0) is 24.8. The number of carbonyl (C=O) groups is 1. The minimum absolute atomic E-state index is 0.151. The molecule has 0 spiro atoms. The summed E-state index contributed by atoms with van der Waals surface area (Å²) in [5.74, 6) is 0.875. The van der Waals surface area contributed by atoms with Crippen LogP contribution in [0.1, 0.15) is 32.1 Å². The van der Waals surface area contributed by atoms with Crippen molar-refractivity contribution in [2.24, 2.45) is 0 Å². The Balaban J connectivity index is 1.37. The number of ether oxygens (including phenoxy) is 1. The predicted molar refractivity (Wildman–Crippen MR) is 133 cm³/mol. The van der Waals surface area contributed by atoms with Crippen molar-refractivity contribution in [2.45, 2.75) is 49.0 Å². The number of hydrogen-bond donors (Lipinski definition) is 1. The molecule has 1 atom stereocenters. The predicted octanol–water partition coefficient (Wildman–Crippen LogP) is 3.94. The summed E-state index contributed by atoms with van der Waals surface area (Å²) in [6.07, 6.45) is 1.60.